The van der Waals surface area contributed by atoms with Crippen LogP contribution in [0.1, 0.15) is 37.2 Å². The van der Waals surface area contributed by atoms with Crippen LogP contribution in [0, 0.1) is 0 Å². The molecule has 16 heavy (non-hydrogen) atoms. The molecule has 4 nitrogen and oxygen atoms in total. The van der Waals surface area contributed by atoms with E-state index >= 15 is 0 Å². The number of nitrogens with zero attached hydrogens (tertiary/aromatic N) is 1. The molecule has 0 atom stereocenters. The van der Waals surface area contributed by atoms with E-state index in [1.807, 2.05) is 13.8 Å². The Hall–Kier alpha value is -1.42. The Morgan fingerprint density at radius 1 is 1.44 bits per heavy atom. The summed E-state index contributed by atoms with van der Waals surface area (Å²) in [5.74, 6) is -0.238. The number of aliphatic hydroxyl groups excluding tert-OH is 1. The van der Waals surface area contributed by atoms with Gasteiger partial charge in [0.2, 0.25) is 0 Å². The van der Waals surface area contributed by atoms with Gasteiger partial charge in [0.05, 0.1) is 12.1 Å². The molecular formula is C12H18N2O2. The summed E-state index contributed by atoms with van der Waals surface area (Å²) in [5.41, 5.74) is -0.156. The summed E-state index contributed by atoms with van der Waals surface area (Å²) in [5, 5.41) is 12.2. The molecule has 2 N–H and O–H groups in total. The molecule has 1 aromatic rings. The molecule has 1 amide bonds. The molecule has 1 rings (SSSR count). The maximum Gasteiger partial charge on any atom is 0.270 e. The van der Waals surface area contributed by atoms with Crippen LogP contribution < -0.4 is 5.32 Å². The molecule has 0 aromatic carbocycles. The number of rotatable bonds is 5. The Morgan fingerprint density at radius 2 is 2.12 bits per heavy atom. The molecule has 0 bridgehead atoms. The third-order valence-electron chi connectivity index (χ3n) is 2.93. The lowest BCUT2D eigenvalue weighted by Crippen LogP contribution is -2.50. The summed E-state index contributed by atoms with van der Waals surface area (Å²) in [6.45, 7) is 3.83. The standard InChI is InChI=1S/C12H18N2O2/c1-3-12(4-2,9-15)14-11(16)10-7-5-6-8-13-10/h5-8,15H,3-4,9H2,1-2H3,(H,14,16). The van der Waals surface area contributed by atoms with Gasteiger partial charge in [-0.1, -0.05) is 19.9 Å². The second-order valence-corrected chi connectivity index (χ2v) is 3.81. The van der Waals surface area contributed by atoms with Gasteiger partial charge >= 0.3 is 0 Å². The molecule has 0 radical (unpaired) electrons. The molecule has 0 aliphatic rings. The monoisotopic (exact) mass is 222 g/mol. The molecule has 1 aromatic heterocycles. The van der Waals surface area contributed by atoms with Crippen molar-refractivity contribution in [3.05, 3.63) is 30.1 Å². The fraction of sp³-hybridized carbons (Fsp3) is 0.500. The van der Waals surface area contributed by atoms with Crippen molar-refractivity contribution in [1.29, 1.82) is 0 Å². The van der Waals surface area contributed by atoms with E-state index in [4.69, 9.17) is 0 Å². The summed E-state index contributed by atoms with van der Waals surface area (Å²) in [6, 6.07) is 5.18. The van der Waals surface area contributed by atoms with Crippen LogP contribution in [0.15, 0.2) is 24.4 Å². The van der Waals surface area contributed by atoms with Crippen molar-refractivity contribution < 1.29 is 9.90 Å². The predicted octanol–water partition coefficient (Wildman–Crippen LogP) is 1.36. The average molecular weight is 222 g/mol. The van der Waals surface area contributed by atoms with Gasteiger partial charge in [-0.2, -0.15) is 0 Å². The first kappa shape index (κ1) is 12.6. The largest absolute Gasteiger partial charge is 0.394 e. The minimum absolute atomic E-state index is 0.0570. The van der Waals surface area contributed by atoms with Gasteiger partial charge in [-0.05, 0) is 25.0 Å². The van der Waals surface area contributed by atoms with E-state index in [1.165, 1.54) is 0 Å². The number of aliphatic hydroxyl groups is 1. The van der Waals surface area contributed by atoms with Gasteiger partial charge in [0.1, 0.15) is 5.69 Å². The fourth-order valence-corrected chi connectivity index (χ4v) is 1.49. The quantitative estimate of drug-likeness (QED) is 0.790. The van der Waals surface area contributed by atoms with E-state index in [0.29, 0.717) is 18.5 Å². The number of hydrogen-bond donors (Lipinski definition) is 2. The third-order valence-corrected chi connectivity index (χ3v) is 2.93. The Morgan fingerprint density at radius 3 is 2.56 bits per heavy atom. The maximum atomic E-state index is 11.9. The lowest BCUT2D eigenvalue weighted by atomic mass is 9.93. The normalized spacial score (nSPS) is 11.2. The van der Waals surface area contributed by atoms with Gasteiger partial charge in [0.15, 0.2) is 0 Å². The highest BCUT2D eigenvalue weighted by Gasteiger charge is 2.27. The number of nitrogens with one attached hydrogen (secondary N) is 1. The molecule has 4 heteroatoms. The maximum absolute atomic E-state index is 11.9. The zero-order chi connectivity index (χ0) is 12.0. The highest BCUT2D eigenvalue weighted by atomic mass is 16.3. The molecule has 0 saturated heterocycles. The second-order valence-electron chi connectivity index (χ2n) is 3.81. The van der Waals surface area contributed by atoms with E-state index < -0.39 is 5.54 Å². The van der Waals surface area contributed by atoms with E-state index in [-0.39, 0.29) is 12.5 Å². The molecule has 88 valence electrons. The van der Waals surface area contributed by atoms with E-state index in [2.05, 4.69) is 10.3 Å². The first-order chi connectivity index (χ1) is 7.67. The molecular weight excluding hydrogens is 204 g/mol. The van der Waals surface area contributed by atoms with Crippen LogP contribution in [-0.4, -0.2) is 28.1 Å². The SMILES string of the molecule is CCC(CC)(CO)NC(=O)c1ccccn1. The van der Waals surface area contributed by atoms with E-state index in [0.717, 1.165) is 0 Å². The number of aromatic nitrogens is 1. The van der Waals surface area contributed by atoms with Crippen LogP contribution in [0.25, 0.3) is 0 Å². The molecule has 0 aliphatic heterocycles. The number of carbonyl (C=O) groups excluding carboxylic acids is 1. The molecule has 1 heterocycles. The molecule has 0 unspecified atom stereocenters. The minimum atomic E-state index is -0.533. The fourth-order valence-electron chi connectivity index (χ4n) is 1.49. The van der Waals surface area contributed by atoms with Crippen molar-refractivity contribution >= 4 is 5.91 Å². The van der Waals surface area contributed by atoms with Gasteiger partial charge in [0, 0.05) is 6.20 Å². The first-order valence-corrected chi connectivity index (χ1v) is 5.52. The lowest BCUT2D eigenvalue weighted by Gasteiger charge is -2.30. The molecule has 0 spiro atoms. The smallest absolute Gasteiger partial charge is 0.270 e. The van der Waals surface area contributed by atoms with Crippen LogP contribution >= 0.6 is 0 Å². The van der Waals surface area contributed by atoms with Crippen LogP contribution in [0.2, 0.25) is 0 Å². The van der Waals surface area contributed by atoms with Crippen LogP contribution in [0.3, 0.4) is 0 Å². The van der Waals surface area contributed by atoms with Crippen LogP contribution in [-0.2, 0) is 0 Å². The second kappa shape index (κ2) is 5.61. The number of hydrogen-bond acceptors (Lipinski definition) is 3. The van der Waals surface area contributed by atoms with Crippen molar-refractivity contribution in [2.75, 3.05) is 6.61 Å². The average Bonchev–Trinajstić information content (AvgIpc) is 2.37. The number of amides is 1. The van der Waals surface area contributed by atoms with Gasteiger partial charge in [-0.25, -0.2) is 0 Å². The number of pyridine rings is 1. The summed E-state index contributed by atoms with van der Waals surface area (Å²) >= 11 is 0. The van der Waals surface area contributed by atoms with E-state index in [9.17, 15) is 9.90 Å². The van der Waals surface area contributed by atoms with Crippen LogP contribution in [0.4, 0.5) is 0 Å². The zero-order valence-corrected chi connectivity index (χ0v) is 9.73. The molecule has 0 aliphatic carbocycles. The zero-order valence-electron chi connectivity index (χ0n) is 9.73. The summed E-state index contributed by atoms with van der Waals surface area (Å²) in [7, 11) is 0. The molecule has 0 saturated carbocycles. The Kier molecular flexibility index (Phi) is 4.43. The van der Waals surface area contributed by atoms with Gasteiger partial charge in [-0.3, -0.25) is 9.78 Å². The third kappa shape index (κ3) is 2.79. The Balaban J connectivity index is 2.77. The van der Waals surface area contributed by atoms with Crippen molar-refractivity contribution in [3.8, 4) is 0 Å². The van der Waals surface area contributed by atoms with Crippen molar-refractivity contribution in [2.45, 2.75) is 32.2 Å². The summed E-state index contributed by atoms with van der Waals surface area (Å²) in [6.07, 6.45) is 2.96. The van der Waals surface area contributed by atoms with E-state index in [1.54, 1.807) is 24.4 Å². The van der Waals surface area contributed by atoms with Gasteiger partial charge in [0.25, 0.3) is 5.91 Å². The Labute approximate surface area is 95.7 Å². The first-order valence-electron chi connectivity index (χ1n) is 5.52. The summed E-state index contributed by atoms with van der Waals surface area (Å²) in [4.78, 5) is 15.8. The highest BCUT2D eigenvalue weighted by molar-refractivity contribution is 5.92. The highest BCUT2D eigenvalue weighted by Crippen LogP contribution is 2.14. The van der Waals surface area contributed by atoms with Crippen molar-refractivity contribution in [2.24, 2.45) is 0 Å². The van der Waals surface area contributed by atoms with Gasteiger partial charge in [-0.15, -0.1) is 0 Å². The van der Waals surface area contributed by atoms with Crippen molar-refractivity contribution in [3.63, 3.8) is 0 Å². The topological polar surface area (TPSA) is 62.2 Å². The lowest BCUT2D eigenvalue weighted by molar-refractivity contribution is 0.0813. The molecule has 0 fully saturated rings. The predicted molar refractivity (Wildman–Crippen MR) is 62.1 cm³/mol. The minimum Gasteiger partial charge on any atom is -0.394 e. The van der Waals surface area contributed by atoms with Gasteiger partial charge < -0.3 is 10.4 Å². The Bertz CT molecular complexity index is 326. The van der Waals surface area contributed by atoms with Crippen molar-refractivity contribution in [1.82, 2.24) is 10.3 Å². The summed E-state index contributed by atoms with van der Waals surface area (Å²) < 4.78 is 0. The van der Waals surface area contributed by atoms with Crippen LogP contribution in [0.5, 0.6) is 0 Å². The number of carbonyl (C=O) groups is 1.